The Balaban J connectivity index is 4.21. The van der Waals surface area contributed by atoms with Crippen molar-refractivity contribution in [3.05, 3.63) is 60.8 Å². The standard InChI is InChI=1S/C47H84NO8P/c1-3-5-7-9-11-13-15-17-19-21-22-24-26-28-30-32-34-36-38-40-47(50)56-45(44-55-57(51,52)54-42-41-48)43-53-46(49)39-37-35-33-31-29-27-25-23-20-18-16-14-12-10-8-6-4-2/h11,13,17-20,22,24,28,30,45H,3-10,12,14-16,21,23,25-27,29,31-44,48H2,1-2H3,(H,51,52)/b13-11-,19-17-,20-18-,24-22-,30-28-/t45-/m1/s1. The minimum atomic E-state index is -4.39. The van der Waals surface area contributed by atoms with Gasteiger partial charge in [-0.3, -0.25) is 18.6 Å². The molecule has 0 amide bonds. The zero-order chi connectivity index (χ0) is 41.8. The Kier molecular flexibility index (Phi) is 41.6. The molecule has 57 heavy (non-hydrogen) atoms. The summed E-state index contributed by atoms with van der Waals surface area (Å²) in [6.07, 6.45) is 51.0. The summed E-state index contributed by atoms with van der Waals surface area (Å²) in [5, 5.41) is 0. The van der Waals surface area contributed by atoms with Crippen molar-refractivity contribution >= 4 is 19.8 Å². The molecule has 0 heterocycles. The van der Waals surface area contributed by atoms with E-state index in [1.807, 2.05) is 0 Å². The lowest BCUT2D eigenvalue weighted by Crippen LogP contribution is -2.29. The lowest BCUT2D eigenvalue weighted by molar-refractivity contribution is -0.161. The number of allylic oxidation sites excluding steroid dienone is 10. The fraction of sp³-hybridized carbons (Fsp3) is 0.745. The van der Waals surface area contributed by atoms with Gasteiger partial charge in [-0.15, -0.1) is 0 Å². The third-order valence-corrected chi connectivity index (χ3v) is 10.4. The zero-order valence-corrected chi connectivity index (χ0v) is 37.2. The van der Waals surface area contributed by atoms with Gasteiger partial charge in [0.15, 0.2) is 6.10 Å². The maximum atomic E-state index is 12.6. The molecule has 0 spiro atoms. The molecule has 0 radical (unpaired) electrons. The Bertz CT molecular complexity index is 1120. The van der Waals surface area contributed by atoms with Crippen molar-refractivity contribution in [2.75, 3.05) is 26.4 Å². The molecule has 0 aromatic heterocycles. The zero-order valence-electron chi connectivity index (χ0n) is 36.3. The van der Waals surface area contributed by atoms with E-state index in [1.165, 1.54) is 89.9 Å². The van der Waals surface area contributed by atoms with Crippen LogP contribution in [0.4, 0.5) is 0 Å². The highest BCUT2D eigenvalue weighted by Crippen LogP contribution is 2.43. The van der Waals surface area contributed by atoms with Crippen LogP contribution in [-0.2, 0) is 32.7 Å². The molecule has 0 fully saturated rings. The van der Waals surface area contributed by atoms with Gasteiger partial charge in [0.1, 0.15) is 6.61 Å². The third kappa shape index (κ3) is 43.1. The van der Waals surface area contributed by atoms with Crippen LogP contribution in [0.2, 0.25) is 0 Å². The van der Waals surface area contributed by atoms with Crippen LogP contribution in [-0.4, -0.2) is 49.3 Å². The molecule has 10 heteroatoms. The number of ether oxygens (including phenoxy) is 2. The molecule has 0 saturated carbocycles. The average molecular weight is 822 g/mol. The predicted molar refractivity (Wildman–Crippen MR) is 238 cm³/mol. The second-order valence-electron chi connectivity index (χ2n) is 14.9. The van der Waals surface area contributed by atoms with Gasteiger partial charge in [0.05, 0.1) is 13.2 Å². The smallest absolute Gasteiger partial charge is 0.462 e. The van der Waals surface area contributed by atoms with Crippen LogP contribution in [0.1, 0.15) is 194 Å². The van der Waals surface area contributed by atoms with E-state index in [1.54, 1.807) is 0 Å². The molecular weight excluding hydrogens is 737 g/mol. The normalized spacial score (nSPS) is 13.8. The van der Waals surface area contributed by atoms with Crippen LogP contribution in [0, 0.1) is 0 Å². The number of hydrogen-bond donors (Lipinski definition) is 2. The predicted octanol–water partition coefficient (Wildman–Crippen LogP) is 13.3. The molecule has 3 N–H and O–H groups in total. The molecule has 0 aromatic rings. The van der Waals surface area contributed by atoms with Crippen LogP contribution in [0.5, 0.6) is 0 Å². The first kappa shape index (κ1) is 54.7. The fourth-order valence-electron chi connectivity index (χ4n) is 5.96. The Morgan fingerprint density at radius 1 is 0.526 bits per heavy atom. The quantitative estimate of drug-likeness (QED) is 0.0267. The van der Waals surface area contributed by atoms with Gasteiger partial charge in [0.25, 0.3) is 0 Å². The van der Waals surface area contributed by atoms with E-state index < -0.39 is 32.5 Å². The molecule has 0 aliphatic heterocycles. The molecular formula is C47H84NO8P. The van der Waals surface area contributed by atoms with Gasteiger partial charge in [-0.25, -0.2) is 4.57 Å². The number of rotatable bonds is 42. The van der Waals surface area contributed by atoms with Crippen molar-refractivity contribution in [1.29, 1.82) is 0 Å². The molecule has 0 saturated heterocycles. The molecule has 330 valence electrons. The van der Waals surface area contributed by atoms with Gasteiger partial charge < -0.3 is 20.1 Å². The Hall–Kier alpha value is -2.29. The number of esters is 2. The van der Waals surface area contributed by atoms with E-state index in [9.17, 15) is 19.0 Å². The molecule has 0 aromatic carbocycles. The van der Waals surface area contributed by atoms with Gasteiger partial charge in [-0.05, 0) is 83.5 Å². The summed E-state index contributed by atoms with van der Waals surface area (Å²) in [7, 11) is -4.39. The Labute approximate surface area is 349 Å². The molecule has 2 atom stereocenters. The van der Waals surface area contributed by atoms with Crippen LogP contribution < -0.4 is 5.73 Å². The van der Waals surface area contributed by atoms with Crippen molar-refractivity contribution in [3.8, 4) is 0 Å². The number of unbranched alkanes of at least 4 members (excludes halogenated alkanes) is 19. The molecule has 0 aliphatic rings. The first-order chi connectivity index (χ1) is 27.8. The number of phosphoric acid groups is 1. The van der Waals surface area contributed by atoms with Crippen LogP contribution in [0.3, 0.4) is 0 Å². The van der Waals surface area contributed by atoms with E-state index in [-0.39, 0.29) is 32.6 Å². The first-order valence-corrected chi connectivity index (χ1v) is 24.3. The fourth-order valence-corrected chi connectivity index (χ4v) is 6.73. The summed E-state index contributed by atoms with van der Waals surface area (Å²) in [5.74, 6) is -0.871. The summed E-state index contributed by atoms with van der Waals surface area (Å²) in [4.78, 5) is 34.9. The number of carbonyl (C=O) groups excluding carboxylic acids is 2. The van der Waals surface area contributed by atoms with Crippen LogP contribution in [0.25, 0.3) is 0 Å². The van der Waals surface area contributed by atoms with Crippen molar-refractivity contribution in [3.63, 3.8) is 0 Å². The second-order valence-corrected chi connectivity index (χ2v) is 16.4. The largest absolute Gasteiger partial charge is 0.472 e. The highest BCUT2D eigenvalue weighted by atomic mass is 31.2. The van der Waals surface area contributed by atoms with Crippen LogP contribution in [0.15, 0.2) is 60.8 Å². The monoisotopic (exact) mass is 822 g/mol. The number of carbonyl (C=O) groups is 2. The summed E-state index contributed by atoms with van der Waals surface area (Å²) in [6, 6.07) is 0. The van der Waals surface area contributed by atoms with Crippen molar-refractivity contribution in [2.45, 2.75) is 200 Å². The maximum Gasteiger partial charge on any atom is 0.472 e. The lowest BCUT2D eigenvalue weighted by atomic mass is 10.1. The average Bonchev–Trinajstić information content (AvgIpc) is 3.20. The summed E-state index contributed by atoms with van der Waals surface area (Å²) in [5.41, 5.74) is 5.35. The lowest BCUT2D eigenvalue weighted by Gasteiger charge is -2.19. The van der Waals surface area contributed by atoms with E-state index in [4.69, 9.17) is 24.3 Å². The number of nitrogens with two attached hydrogens (primary N) is 1. The second kappa shape index (κ2) is 43.3. The van der Waals surface area contributed by atoms with Gasteiger partial charge in [-0.1, -0.05) is 158 Å². The van der Waals surface area contributed by atoms with E-state index >= 15 is 0 Å². The topological polar surface area (TPSA) is 134 Å². The highest BCUT2D eigenvalue weighted by Gasteiger charge is 2.26. The highest BCUT2D eigenvalue weighted by molar-refractivity contribution is 7.47. The maximum absolute atomic E-state index is 12.6. The SMILES string of the molecule is CCCCC/C=C\C/C=C\C/C=C\C/C=C\CCCCCC(=O)O[C@H](COC(=O)CCCCCCCCC/C=C\CCCCCCCC)COP(=O)(O)OCCN. The van der Waals surface area contributed by atoms with E-state index in [0.29, 0.717) is 6.42 Å². The summed E-state index contributed by atoms with van der Waals surface area (Å²) < 4.78 is 32.8. The van der Waals surface area contributed by atoms with Crippen molar-refractivity contribution in [1.82, 2.24) is 0 Å². The summed E-state index contributed by atoms with van der Waals surface area (Å²) >= 11 is 0. The molecule has 9 nitrogen and oxygen atoms in total. The molecule has 0 rings (SSSR count). The number of phosphoric ester groups is 1. The third-order valence-electron chi connectivity index (χ3n) is 9.38. The van der Waals surface area contributed by atoms with Gasteiger partial charge in [-0.2, -0.15) is 0 Å². The van der Waals surface area contributed by atoms with Gasteiger partial charge in [0, 0.05) is 19.4 Å². The summed E-state index contributed by atoms with van der Waals surface area (Å²) in [6.45, 7) is 3.66. The first-order valence-electron chi connectivity index (χ1n) is 22.8. The molecule has 0 bridgehead atoms. The van der Waals surface area contributed by atoms with Gasteiger partial charge in [0.2, 0.25) is 0 Å². The van der Waals surface area contributed by atoms with Crippen molar-refractivity contribution in [2.24, 2.45) is 5.73 Å². The molecule has 1 unspecified atom stereocenters. The Morgan fingerprint density at radius 2 is 0.912 bits per heavy atom. The van der Waals surface area contributed by atoms with Crippen molar-refractivity contribution < 1.29 is 37.6 Å². The number of hydrogen-bond acceptors (Lipinski definition) is 8. The van der Waals surface area contributed by atoms with Crippen LogP contribution >= 0.6 is 7.82 Å². The van der Waals surface area contributed by atoms with E-state index in [2.05, 4.69) is 74.6 Å². The minimum absolute atomic E-state index is 0.0450. The van der Waals surface area contributed by atoms with Gasteiger partial charge >= 0.3 is 19.8 Å². The molecule has 0 aliphatic carbocycles. The Morgan fingerprint density at radius 3 is 1.42 bits per heavy atom. The van der Waals surface area contributed by atoms with E-state index in [0.717, 1.165) is 70.6 Å². The minimum Gasteiger partial charge on any atom is -0.462 e.